The highest BCUT2D eigenvalue weighted by Crippen LogP contribution is 2.40. The number of aromatic nitrogens is 1. The van der Waals surface area contributed by atoms with Crippen LogP contribution in [0.15, 0.2) is 88.7 Å². The monoisotopic (exact) mass is 532 g/mol. The zero-order valence-electron chi connectivity index (χ0n) is 18.8. The number of sulfonamides is 1. The van der Waals surface area contributed by atoms with Gasteiger partial charge in [0.05, 0.1) is 27.6 Å². The second kappa shape index (κ2) is 9.37. The molecule has 0 radical (unpaired) electrons. The summed E-state index contributed by atoms with van der Waals surface area (Å²) in [7, 11) is -7.28. The van der Waals surface area contributed by atoms with E-state index in [1.807, 2.05) is 0 Å². The van der Waals surface area contributed by atoms with E-state index < -0.39 is 31.7 Å². The van der Waals surface area contributed by atoms with Crippen molar-refractivity contribution >= 4 is 54.2 Å². The van der Waals surface area contributed by atoms with Crippen LogP contribution >= 0.6 is 11.6 Å². The van der Waals surface area contributed by atoms with Gasteiger partial charge in [0.25, 0.3) is 20.0 Å². The molecule has 0 amide bonds. The van der Waals surface area contributed by atoms with Gasteiger partial charge in [-0.3, -0.25) is 4.31 Å². The highest BCUT2D eigenvalue weighted by molar-refractivity contribution is 7.93. The lowest BCUT2D eigenvalue weighted by molar-refractivity contribution is 0.0519. The molecule has 0 atom stereocenters. The summed E-state index contributed by atoms with van der Waals surface area (Å²) in [5.41, 5.74) is -0.536. The van der Waals surface area contributed by atoms with Crippen molar-refractivity contribution in [1.29, 1.82) is 0 Å². The molecule has 0 aliphatic heterocycles. The maximum Gasteiger partial charge on any atom is 0.358 e. The summed E-state index contributed by atoms with van der Waals surface area (Å²) in [4.78, 5) is 13.1. The molecule has 4 aromatic rings. The van der Waals surface area contributed by atoms with Crippen LogP contribution in [-0.4, -0.2) is 40.4 Å². The molecule has 1 aromatic heterocycles. The summed E-state index contributed by atoms with van der Waals surface area (Å²) >= 11 is 6.22. The lowest BCUT2D eigenvalue weighted by Crippen LogP contribution is -2.29. The third-order valence-corrected chi connectivity index (χ3v) is 9.06. The minimum Gasteiger partial charge on any atom is -0.461 e. The van der Waals surface area contributed by atoms with Gasteiger partial charge in [-0.2, -0.15) is 0 Å². The molecule has 8 nitrogen and oxygen atoms in total. The molecular weight excluding hydrogens is 512 g/mol. The highest BCUT2D eigenvalue weighted by atomic mass is 35.5. The number of halogens is 1. The van der Waals surface area contributed by atoms with E-state index in [4.69, 9.17) is 16.3 Å². The Hall–Kier alpha value is -3.34. The Balaban J connectivity index is 2.13. The van der Waals surface area contributed by atoms with Gasteiger partial charge in [0.1, 0.15) is 0 Å². The van der Waals surface area contributed by atoms with Crippen LogP contribution in [-0.2, 0) is 24.8 Å². The summed E-state index contributed by atoms with van der Waals surface area (Å²) in [6, 6.07) is 19.4. The third kappa shape index (κ3) is 4.29. The van der Waals surface area contributed by atoms with Crippen LogP contribution in [0.25, 0.3) is 10.9 Å². The topological polar surface area (TPSA) is 103 Å². The summed E-state index contributed by atoms with van der Waals surface area (Å²) in [6.07, 6.45) is 0. The average Bonchev–Trinajstić information content (AvgIpc) is 3.19. The van der Waals surface area contributed by atoms with Crippen molar-refractivity contribution < 1.29 is 26.4 Å². The molecule has 0 saturated carbocycles. The van der Waals surface area contributed by atoms with Gasteiger partial charge < -0.3 is 4.74 Å². The molecule has 0 aliphatic rings. The number of carbonyl (C=O) groups excluding carboxylic acids is 1. The molecule has 11 heteroatoms. The molecule has 0 spiro atoms. The minimum atomic E-state index is -4.34. The number of nitrogens with zero attached hydrogens (tertiary/aromatic N) is 2. The number of hydrogen-bond donors (Lipinski definition) is 0. The van der Waals surface area contributed by atoms with Crippen LogP contribution in [0.5, 0.6) is 0 Å². The van der Waals surface area contributed by atoms with E-state index in [1.165, 1.54) is 49.5 Å². The fourth-order valence-electron chi connectivity index (χ4n) is 3.74. The van der Waals surface area contributed by atoms with Gasteiger partial charge in [0.2, 0.25) is 0 Å². The summed E-state index contributed by atoms with van der Waals surface area (Å²) in [5, 5.41) is 0.385. The van der Waals surface area contributed by atoms with Crippen molar-refractivity contribution in [3.63, 3.8) is 0 Å². The number of rotatable bonds is 7. The van der Waals surface area contributed by atoms with Crippen molar-refractivity contribution in [3.8, 4) is 0 Å². The van der Waals surface area contributed by atoms with Gasteiger partial charge in [0.15, 0.2) is 5.69 Å². The van der Waals surface area contributed by atoms with Crippen LogP contribution in [0.4, 0.5) is 5.69 Å². The maximum atomic E-state index is 13.8. The summed E-state index contributed by atoms with van der Waals surface area (Å²) < 4.78 is 61.4. The Bertz CT molecular complexity index is 1620. The van der Waals surface area contributed by atoms with Gasteiger partial charge in [-0.25, -0.2) is 25.6 Å². The van der Waals surface area contributed by atoms with Gasteiger partial charge >= 0.3 is 5.97 Å². The molecule has 0 N–H and O–H groups in total. The fraction of sp³-hybridized carbons (Fsp3) is 0.125. The van der Waals surface area contributed by atoms with Crippen molar-refractivity contribution in [2.75, 3.05) is 18.0 Å². The molecule has 35 heavy (non-hydrogen) atoms. The largest absolute Gasteiger partial charge is 0.461 e. The number of hydrogen-bond acceptors (Lipinski definition) is 6. The van der Waals surface area contributed by atoms with Crippen molar-refractivity contribution in [2.45, 2.75) is 16.7 Å². The minimum absolute atomic E-state index is 0.0360. The van der Waals surface area contributed by atoms with E-state index in [-0.39, 0.29) is 38.0 Å². The van der Waals surface area contributed by atoms with Crippen LogP contribution in [0, 0.1) is 0 Å². The molecule has 1 heterocycles. The smallest absolute Gasteiger partial charge is 0.358 e. The molecule has 0 bridgehead atoms. The quantitative estimate of drug-likeness (QED) is 0.324. The molecule has 182 valence electrons. The van der Waals surface area contributed by atoms with E-state index >= 15 is 0 Å². The highest BCUT2D eigenvalue weighted by Gasteiger charge is 2.36. The van der Waals surface area contributed by atoms with Crippen molar-refractivity contribution in [2.24, 2.45) is 0 Å². The molecule has 4 rings (SSSR count). The van der Waals surface area contributed by atoms with E-state index in [0.717, 1.165) is 8.28 Å². The van der Waals surface area contributed by atoms with Crippen LogP contribution in [0.2, 0.25) is 5.02 Å². The Morgan fingerprint density at radius 3 is 2.06 bits per heavy atom. The van der Waals surface area contributed by atoms with Gasteiger partial charge in [-0.05, 0) is 49.4 Å². The third-order valence-electron chi connectivity index (χ3n) is 5.33. The first-order valence-corrected chi connectivity index (χ1v) is 13.7. The number of esters is 1. The molecule has 0 aliphatic carbocycles. The Kier molecular flexibility index (Phi) is 6.63. The van der Waals surface area contributed by atoms with Gasteiger partial charge in [-0.1, -0.05) is 48.0 Å². The summed E-state index contributed by atoms with van der Waals surface area (Å²) in [6.45, 7) is 1.51. The Morgan fingerprint density at radius 2 is 1.49 bits per heavy atom. The number of fused-ring (bicyclic) bond motifs is 1. The lowest BCUT2D eigenvalue weighted by atomic mass is 10.2. The zero-order valence-corrected chi connectivity index (χ0v) is 21.1. The normalized spacial score (nSPS) is 12.0. The predicted octanol–water partition coefficient (Wildman–Crippen LogP) is 4.53. The number of ether oxygens (including phenoxy) is 1. The number of anilines is 1. The molecule has 0 fully saturated rings. The molecule has 3 aromatic carbocycles. The van der Waals surface area contributed by atoms with Crippen LogP contribution in [0.1, 0.15) is 17.4 Å². The lowest BCUT2D eigenvalue weighted by Gasteiger charge is -2.21. The second-order valence-corrected chi connectivity index (χ2v) is 11.6. The van der Waals surface area contributed by atoms with Gasteiger partial charge in [0, 0.05) is 17.5 Å². The number of carbonyl (C=O) groups is 1. The van der Waals surface area contributed by atoms with Crippen LogP contribution in [0.3, 0.4) is 0 Å². The second-order valence-electron chi connectivity index (χ2n) is 7.45. The predicted molar refractivity (Wildman–Crippen MR) is 134 cm³/mol. The SMILES string of the molecule is CCOC(=O)c1c(N(C)S(=O)(=O)c2ccccc2)c2cc(Cl)ccc2n1S(=O)(=O)c1ccccc1. The molecule has 0 unspecified atom stereocenters. The molecule has 0 saturated heterocycles. The molecular formula is C24H21ClN2O6S2. The fourth-order valence-corrected chi connectivity index (χ4v) is 6.68. The Labute approximate surface area is 208 Å². The maximum absolute atomic E-state index is 13.8. The average molecular weight is 533 g/mol. The van der Waals surface area contributed by atoms with E-state index in [1.54, 1.807) is 43.3 Å². The standard InChI is InChI=1S/C24H21ClN2O6S2/c1-3-33-24(28)23-22(26(2)34(29,30)18-10-6-4-7-11-18)20-16-17(25)14-15-21(20)27(23)35(31,32)19-12-8-5-9-13-19/h4-16H,3H2,1-2H3. The van der Waals surface area contributed by atoms with E-state index in [9.17, 15) is 21.6 Å². The number of benzene rings is 3. The Morgan fingerprint density at radius 1 is 0.914 bits per heavy atom. The first kappa shape index (κ1) is 24.8. The first-order chi connectivity index (χ1) is 16.6. The summed E-state index contributed by atoms with van der Waals surface area (Å²) in [5.74, 6) is -0.996. The van der Waals surface area contributed by atoms with Crippen molar-refractivity contribution in [1.82, 2.24) is 3.97 Å². The van der Waals surface area contributed by atoms with E-state index in [0.29, 0.717) is 0 Å². The van der Waals surface area contributed by atoms with Crippen LogP contribution < -0.4 is 4.31 Å². The zero-order chi connectivity index (χ0) is 25.4. The van der Waals surface area contributed by atoms with E-state index in [2.05, 4.69) is 0 Å². The first-order valence-electron chi connectivity index (χ1n) is 10.5. The van der Waals surface area contributed by atoms with Gasteiger partial charge in [-0.15, -0.1) is 0 Å². The van der Waals surface area contributed by atoms with Crippen molar-refractivity contribution in [3.05, 3.63) is 89.6 Å².